The van der Waals surface area contributed by atoms with Crippen LogP contribution in [-0.2, 0) is 6.54 Å². The third-order valence-corrected chi connectivity index (χ3v) is 5.50. The van der Waals surface area contributed by atoms with E-state index in [4.69, 9.17) is 0 Å². The summed E-state index contributed by atoms with van der Waals surface area (Å²) in [4.78, 5) is 32.9. The first kappa shape index (κ1) is 17.6. The van der Waals surface area contributed by atoms with Crippen LogP contribution >= 0.6 is 0 Å². The van der Waals surface area contributed by atoms with E-state index in [0.29, 0.717) is 24.6 Å². The molecule has 0 radical (unpaired) electrons. The van der Waals surface area contributed by atoms with Crippen LogP contribution in [0, 0.1) is 0 Å². The van der Waals surface area contributed by atoms with Crippen molar-refractivity contribution in [3.63, 3.8) is 0 Å². The summed E-state index contributed by atoms with van der Waals surface area (Å²) < 4.78 is 2.19. The maximum absolute atomic E-state index is 13.0. The van der Waals surface area contributed by atoms with E-state index in [2.05, 4.69) is 21.8 Å². The number of rotatable bonds is 4. The molecule has 27 heavy (non-hydrogen) atoms. The van der Waals surface area contributed by atoms with E-state index in [1.807, 2.05) is 41.6 Å². The molecule has 2 aliphatic heterocycles. The fourth-order valence-electron chi connectivity index (χ4n) is 4.00. The summed E-state index contributed by atoms with van der Waals surface area (Å²) in [7, 11) is 0. The number of anilines is 1. The molecule has 142 valence electrons. The highest BCUT2D eigenvalue weighted by molar-refractivity contribution is 5.98. The molecule has 2 fully saturated rings. The van der Waals surface area contributed by atoms with Crippen molar-refractivity contribution in [1.29, 1.82) is 0 Å². The van der Waals surface area contributed by atoms with Crippen molar-refractivity contribution in [1.82, 2.24) is 19.8 Å². The molecule has 0 unspecified atom stereocenters. The topological polar surface area (TPSA) is 70.5 Å². The highest BCUT2D eigenvalue weighted by Crippen LogP contribution is 2.28. The van der Waals surface area contributed by atoms with Crippen LogP contribution in [0.5, 0.6) is 0 Å². The van der Waals surface area contributed by atoms with Crippen LogP contribution in [0.4, 0.5) is 10.5 Å². The van der Waals surface area contributed by atoms with E-state index >= 15 is 0 Å². The third-order valence-electron chi connectivity index (χ3n) is 5.50. The molecule has 0 aliphatic carbocycles. The monoisotopic (exact) mass is 367 g/mol. The molecule has 2 aliphatic rings. The van der Waals surface area contributed by atoms with Gasteiger partial charge >= 0.3 is 6.03 Å². The molecule has 0 spiro atoms. The molecule has 0 bridgehead atoms. The van der Waals surface area contributed by atoms with Gasteiger partial charge < -0.3 is 14.8 Å². The van der Waals surface area contributed by atoms with Crippen molar-refractivity contribution < 1.29 is 9.59 Å². The zero-order chi connectivity index (χ0) is 18.8. The molecule has 0 atom stereocenters. The van der Waals surface area contributed by atoms with E-state index < -0.39 is 0 Å². The number of piperidine rings is 1. The normalized spacial score (nSPS) is 18.0. The lowest BCUT2D eigenvalue weighted by Crippen LogP contribution is -2.38. The van der Waals surface area contributed by atoms with Gasteiger partial charge in [-0.05, 0) is 38.0 Å². The molecule has 1 aromatic carbocycles. The number of nitrogens with one attached hydrogen (secondary N) is 1. The Hall–Kier alpha value is -2.83. The van der Waals surface area contributed by atoms with Gasteiger partial charge in [0.25, 0.3) is 5.91 Å². The molecule has 7 heteroatoms. The Morgan fingerprint density at radius 2 is 2.07 bits per heavy atom. The van der Waals surface area contributed by atoms with Gasteiger partial charge in [-0.2, -0.15) is 0 Å². The lowest BCUT2D eigenvalue weighted by molar-refractivity contribution is 0.0710. The highest BCUT2D eigenvalue weighted by atomic mass is 16.2. The Balaban J connectivity index is 1.43. The minimum atomic E-state index is -0.105. The zero-order valence-electron chi connectivity index (χ0n) is 15.6. The average molecular weight is 367 g/mol. The predicted octanol–water partition coefficient (Wildman–Crippen LogP) is 2.45. The van der Waals surface area contributed by atoms with Crippen LogP contribution < -0.4 is 10.2 Å². The van der Waals surface area contributed by atoms with Crippen molar-refractivity contribution in [2.75, 3.05) is 31.1 Å². The van der Waals surface area contributed by atoms with Gasteiger partial charge in [0, 0.05) is 62.3 Å². The summed E-state index contributed by atoms with van der Waals surface area (Å²) in [5, 5.41) is 2.79. The number of nitrogens with zero attached hydrogens (tertiary/aromatic N) is 4. The van der Waals surface area contributed by atoms with Crippen molar-refractivity contribution in [3.05, 3.63) is 48.0 Å². The summed E-state index contributed by atoms with van der Waals surface area (Å²) in [5.74, 6) is 1.57. The number of urea groups is 1. The quantitative estimate of drug-likeness (QED) is 0.902. The number of aromatic nitrogens is 2. The summed E-state index contributed by atoms with van der Waals surface area (Å²) in [6.07, 6.45) is 5.73. The number of benzene rings is 1. The van der Waals surface area contributed by atoms with Crippen LogP contribution in [0.15, 0.2) is 36.7 Å². The average Bonchev–Trinajstić information content (AvgIpc) is 3.36. The number of carbonyl (C=O) groups is 2. The summed E-state index contributed by atoms with van der Waals surface area (Å²) in [6.45, 7) is 5.77. The number of imidazole rings is 1. The first-order valence-electron chi connectivity index (χ1n) is 9.63. The van der Waals surface area contributed by atoms with E-state index in [1.54, 1.807) is 4.90 Å². The predicted molar refractivity (Wildman–Crippen MR) is 103 cm³/mol. The van der Waals surface area contributed by atoms with Gasteiger partial charge in [0.2, 0.25) is 0 Å². The second-order valence-electron chi connectivity index (χ2n) is 7.07. The minimum absolute atomic E-state index is 0.0359. The van der Waals surface area contributed by atoms with Crippen LogP contribution in [0.2, 0.25) is 0 Å². The van der Waals surface area contributed by atoms with Crippen LogP contribution in [0.25, 0.3) is 0 Å². The second-order valence-corrected chi connectivity index (χ2v) is 7.07. The standard InChI is InChI=1S/C20H25N5O2/c1-2-23-12-8-21-18(23)15-6-10-24(11-7-15)19(26)16-4-3-5-17(14-16)25-13-9-22-20(25)27/h3-5,8,12,14-15H,2,6-7,9-11,13H2,1H3,(H,22,27). The van der Waals surface area contributed by atoms with Gasteiger partial charge in [-0.15, -0.1) is 0 Å². The Morgan fingerprint density at radius 3 is 2.78 bits per heavy atom. The summed E-state index contributed by atoms with van der Waals surface area (Å²) in [5.41, 5.74) is 1.41. The fourth-order valence-corrected chi connectivity index (χ4v) is 4.00. The number of aryl methyl sites for hydroxylation is 1. The van der Waals surface area contributed by atoms with Gasteiger partial charge in [0.1, 0.15) is 5.82 Å². The number of carbonyl (C=O) groups excluding carboxylic acids is 2. The van der Waals surface area contributed by atoms with Gasteiger partial charge in [0.15, 0.2) is 0 Å². The maximum atomic E-state index is 13.0. The van der Waals surface area contributed by atoms with Crippen molar-refractivity contribution in [2.45, 2.75) is 32.2 Å². The molecule has 0 saturated carbocycles. The first-order chi connectivity index (χ1) is 13.2. The van der Waals surface area contributed by atoms with E-state index in [-0.39, 0.29) is 11.9 Å². The van der Waals surface area contributed by atoms with Crippen LogP contribution in [-0.4, -0.2) is 52.6 Å². The Kier molecular flexibility index (Phi) is 4.83. The molecule has 1 aromatic heterocycles. The SMILES string of the molecule is CCn1ccnc1C1CCN(C(=O)c2cccc(N3CCNC3=O)c2)CC1. The number of hydrogen-bond donors (Lipinski definition) is 1. The molecule has 2 aromatic rings. The highest BCUT2D eigenvalue weighted by Gasteiger charge is 2.27. The minimum Gasteiger partial charge on any atom is -0.339 e. The number of amides is 3. The Labute approximate surface area is 159 Å². The van der Waals surface area contributed by atoms with Crippen molar-refractivity contribution in [3.8, 4) is 0 Å². The molecule has 2 saturated heterocycles. The van der Waals surface area contributed by atoms with Gasteiger partial charge in [0.05, 0.1) is 0 Å². The Morgan fingerprint density at radius 1 is 1.26 bits per heavy atom. The summed E-state index contributed by atoms with van der Waals surface area (Å²) in [6, 6.07) is 7.27. The molecule has 4 rings (SSSR count). The lowest BCUT2D eigenvalue weighted by atomic mass is 9.95. The number of hydrogen-bond acceptors (Lipinski definition) is 3. The second kappa shape index (κ2) is 7.42. The maximum Gasteiger partial charge on any atom is 0.321 e. The van der Waals surface area contributed by atoms with Crippen molar-refractivity contribution in [2.24, 2.45) is 0 Å². The smallest absolute Gasteiger partial charge is 0.321 e. The third kappa shape index (κ3) is 3.41. The molecule has 1 N–H and O–H groups in total. The number of likely N-dealkylation sites (tertiary alicyclic amines) is 1. The summed E-state index contributed by atoms with van der Waals surface area (Å²) >= 11 is 0. The Bertz CT molecular complexity index is 838. The zero-order valence-corrected chi connectivity index (χ0v) is 15.6. The lowest BCUT2D eigenvalue weighted by Gasteiger charge is -2.32. The molecule has 3 heterocycles. The molecular weight excluding hydrogens is 342 g/mol. The van der Waals surface area contributed by atoms with E-state index in [0.717, 1.165) is 44.0 Å². The molecule has 3 amide bonds. The van der Waals surface area contributed by atoms with Gasteiger partial charge in [-0.3, -0.25) is 9.69 Å². The van der Waals surface area contributed by atoms with Gasteiger partial charge in [-0.25, -0.2) is 9.78 Å². The van der Waals surface area contributed by atoms with Crippen LogP contribution in [0.3, 0.4) is 0 Å². The van der Waals surface area contributed by atoms with E-state index in [1.165, 1.54) is 0 Å². The largest absolute Gasteiger partial charge is 0.339 e. The van der Waals surface area contributed by atoms with Gasteiger partial charge in [-0.1, -0.05) is 6.07 Å². The molecule has 7 nitrogen and oxygen atoms in total. The van der Waals surface area contributed by atoms with Crippen molar-refractivity contribution >= 4 is 17.6 Å². The molecular formula is C20H25N5O2. The fraction of sp³-hybridized carbons (Fsp3) is 0.450. The van der Waals surface area contributed by atoms with E-state index in [9.17, 15) is 9.59 Å². The first-order valence-corrected chi connectivity index (χ1v) is 9.63. The van der Waals surface area contributed by atoms with Crippen LogP contribution in [0.1, 0.15) is 41.9 Å².